The summed E-state index contributed by atoms with van der Waals surface area (Å²) in [7, 11) is 1.66. The molecular formula is C41H44N6O. The van der Waals surface area contributed by atoms with Crippen LogP contribution in [0.3, 0.4) is 0 Å². The molecule has 0 aliphatic heterocycles. The lowest BCUT2D eigenvalue weighted by molar-refractivity contribution is 0.415. The molecule has 0 aliphatic carbocycles. The predicted molar refractivity (Wildman–Crippen MR) is 198 cm³/mol. The van der Waals surface area contributed by atoms with E-state index in [0.717, 1.165) is 51.3 Å². The Morgan fingerprint density at radius 1 is 0.479 bits per heavy atom. The molecule has 0 fully saturated rings. The number of ether oxygens (including phenoxy) is 1. The van der Waals surface area contributed by atoms with Gasteiger partial charge in [-0.05, 0) is 46.2 Å². The molecule has 0 bridgehead atoms. The Kier molecular flexibility index (Phi) is 10.5. The number of benzene rings is 4. The first-order chi connectivity index (χ1) is 23.0. The zero-order valence-electron chi connectivity index (χ0n) is 28.8. The van der Waals surface area contributed by atoms with Crippen molar-refractivity contribution in [2.24, 2.45) is 0 Å². The Morgan fingerprint density at radius 2 is 0.938 bits per heavy atom. The van der Waals surface area contributed by atoms with Gasteiger partial charge in [-0.25, -0.2) is 19.9 Å². The molecule has 0 saturated heterocycles. The summed E-state index contributed by atoms with van der Waals surface area (Å²) in [4.78, 5) is 17.4. The zero-order valence-corrected chi connectivity index (χ0v) is 28.8. The van der Waals surface area contributed by atoms with E-state index in [1.807, 2.05) is 66.7 Å². The highest BCUT2D eigenvalue weighted by molar-refractivity contribution is 5.67. The molecule has 0 amide bonds. The van der Waals surface area contributed by atoms with Crippen molar-refractivity contribution in [3.63, 3.8) is 0 Å². The van der Waals surface area contributed by atoms with Gasteiger partial charge in [0.2, 0.25) is 0 Å². The van der Waals surface area contributed by atoms with Crippen LogP contribution in [0, 0.1) is 0 Å². The van der Waals surface area contributed by atoms with E-state index in [-0.39, 0.29) is 10.8 Å². The van der Waals surface area contributed by atoms with Crippen molar-refractivity contribution in [2.75, 3.05) is 17.7 Å². The minimum Gasteiger partial charge on any atom is -0.497 e. The van der Waals surface area contributed by atoms with Crippen LogP contribution in [0.25, 0.3) is 22.5 Å². The second kappa shape index (κ2) is 14.9. The first-order valence-corrected chi connectivity index (χ1v) is 16.1. The SMILES string of the molecule is CC(C)(C)c1ccc(-c2cc(Nc3ccccc3)ncn2)cc1.COc1cccc(Nc2cc(-c3ccc(C(C)(C)C)cc3)ncn2)c1. The summed E-state index contributed by atoms with van der Waals surface area (Å²) in [5.41, 5.74) is 8.83. The molecular weight excluding hydrogens is 592 g/mol. The van der Waals surface area contributed by atoms with Gasteiger partial charge < -0.3 is 15.4 Å². The number of nitrogens with one attached hydrogen (secondary N) is 2. The van der Waals surface area contributed by atoms with Gasteiger partial charge in [-0.2, -0.15) is 0 Å². The van der Waals surface area contributed by atoms with E-state index in [9.17, 15) is 0 Å². The lowest BCUT2D eigenvalue weighted by Crippen LogP contribution is -2.10. The summed E-state index contributed by atoms with van der Waals surface area (Å²) >= 11 is 0. The Bertz CT molecular complexity index is 1910. The molecule has 0 atom stereocenters. The van der Waals surface area contributed by atoms with Crippen molar-refractivity contribution in [3.05, 3.63) is 139 Å². The van der Waals surface area contributed by atoms with Gasteiger partial charge in [-0.1, -0.05) is 114 Å². The monoisotopic (exact) mass is 636 g/mol. The van der Waals surface area contributed by atoms with Crippen LogP contribution in [-0.2, 0) is 10.8 Å². The molecule has 2 heterocycles. The fraction of sp³-hybridized carbons (Fsp3) is 0.220. The van der Waals surface area contributed by atoms with Crippen molar-refractivity contribution < 1.29 is 4.74 Å². The van der Waals surface area contributed by atoms with Crippen molar-refractivity contribution in [3.8, 4) is 28.3 Å². The summed E-state index contributed by atoms with van der Waals surface area (Å²) < 4.78 is 5.25. The third-order valence-electron chi connectivity index (χ3n) is 7.82. The molecule has 0 aliphatic rings. The van der Waals surface area contributed by atoms with E-state index >= 15 is 0 Å². The number of methoxy groups -OCH3 is 1. The fourth-order valence-electron chi connectivity index (χ4n) is 4.97. The third-order valence-corrected chi connectivity index (χ3v) is 7.82. The summed E-state index contributed by atoms with van der Waals surface area (Å²) in [5.74, 6) is 2.34. The first-order valence-electron chi connectivity index (χ1n) is 16.1. The van der Waals surface area contributed by atoms with Gasteiger partial charge in [-0.15, -0.1) is 0 Å². The van der Waals surface area contributed by atoms with Gasteiger partial charge in [-0.3, -0.25) is 0 Å². The second-order valence-corrected chi connectivity index (χ2v) is 13.6. The smallest absolute Gasteiger partial charge is 0.134 e. The maximum atomic E-state index is 5.25. The Balaban J connectivity index is 0.000000188. The van der Waals surface area contributed by atoms with Crippen LogP contribution < -0.4 is 15.4 Å². The second-order valence-electron chi connectivity index (χ2n) is 13.6. The molecule has 0 unspecified atom stereocenters. The van der Waals surface area contributed by atoms with Crippen LogP contribution in [0.4, 0.5) is 23.0 Å². The number of rotatable bonds is 7. The molecule has 4 aromatic carbocycles. The Hall–Kier alpha value is -5.56. The summed E-state index contributed by atoms with van der Waals surface area (Å²) in [5, 5.41) is 6.59. The molecule has 6 aromatic rings. The fourth-order valence-corrected chi connectivity index (χ4v) is 4.97. The highest BCUT2D eigenvalue weighted by atomic mass is 16.5. The molecule has 6 rings (SSSR count). The van der Waals surface area contributed by atoms with Gasteiger partial charge in [0.05, 0.1) is 18.5 Å². The van der Waals surface area contributed by atoms with Crippen LogP contribution in [0.15, 0.2) is 128 Å². The summed E-state index contributed by atoms with van der Waals surface area (Å²) in [6.07, 6.45) is 3.17. The number of anilines is 4. The van der Waals surface area contributed by atoms with E-state index in [0.29, 0.717) is 0 Å². The van der Waals surface area contributed by atoms with Crippen LogP contribution >= 0.6 is 0 Å². The van der Waals surface area contributed by atoms with Gasteiger partial charge in [0.15, 0.2) is 0 Å². The minimum absolute atomic E-state index is 0.142. The number of hydrogen-bond donors (Lipinski definition) is 2. The lowest BCUT2D eigenvalue weighted by atomic mass is 9.86. The largest absolute Gasteiger partial charge is 0.497 e. The van der Waals surface area contributed by atoms with Crippen molar-refractivity contribution in [1.29, 1.82) is 0 Å². The predicted octanol–water partition coefficient (Wildman–Crippen LogP) is 10.4. The minimum atomic E-state index is 0.142. The number of hydrogen-bond acceptors (Lipinski definition) is 7. The van der Waals surface area contributed by atoms with Crippen LogP contribution in [-0.4, -0.2) is 27.0 Å². The average Bonchev–Trinajstić information content (AvgIpc) is 3.09. The van der Waals surface area contributed by atoms with Crippen molar-refractivity contribution >= 4 is 23.0 Å². The normalized spacial score (nSPS) is 11.2. The molecule has 0 spiro atoms. The average molecular weight is 637 g/mol. The van der Waals surface area contributed by atoms with Crippen LogP contribution in [0.2, 0.25) is 0 Å². The Labute approximate surface area is 284 Å². The number of nitrogens with zero attached hydrogens (tertiary/aromatic N) is 4. The molecule has 244 valence electrons. The number of aromatic nitrogens is 4. The van der Waals surface area contributed by atoms with E-state index in [1.54, 1.807) is 19.8 Å². The first kappa shape index (κ1) is 33.8. The third kappa shape index (κ3) is 9.26. The van der Waals surface area contributed by atoms with Crippen LogP contribution in [0.5, 0.6) is 5.75 Å². The molecule has 2 aromatic heterocycles. The molecule has 0 radical (unpaired) electrons. The maximum absolute atomic E-state index is 5.25. The van der Waals surface area contributed by atoms with Gasteiger partial charge in [0, 0.05) is 40.7 Å². The van der Waals surface area contributed by atoms with Crippen LogP contribution in [0.1, 0.15) is 52.7 Å². The Morgan fingerprint density at radius 3 is 1.40 bits per heavy atom. The van der Waals surface area contributed by atoms with E-state index in [2.05, 4.69) is 121 Å². The lowest BCUT2D eigenvalue weighted by Gasteiger charge is -2.19. The highest BCUT2D eigenvalue weighted by Crippen LogP contribution is 2.28. The topological polar surface area (TPSA) is 84.9 Å². The number of para-hydroxylation sites is 1. The molecule has 0 saturated carbocycles. The summed E-state index contributed by atoms with van der Waals surface area (Å²) in [6, 6.07) is 38.8. The van der Waals surface area contributed by atoms with Gasteiger partial charge in [0.25, 0.3) is 0 Å². The standard InChI is InChI=1S/C21H23N3O.C20H21N3/c1-21(2,3)16-10-8-15(9-11-16)19-13-20(23-14-22-19)24-17-6-5-7-18(12-17)25-4;1-20(2,3)16-11-9-15(10-12-16)18-13-19(22-14-21-18)23-17-7-5-4-6-8-17/h5-14H,1-4H3,(H,22,23,24);4-14H,1-3H3,(H,21,22,23). The summed E-state index contributed by atoms with van der Waals surface area (Å²) in [6.45, 7) is 13.3. The van der Waals surface area contributed by atoms with E-state index in [4.69, 9.17) is 4.74 Å². The van der Waals surface area contributed by atoms with Gasteiger partial charge in [0.1, 0.15) is 30.0 Å². The molecule has 48 heavy (non-hydrogen) atoms. The molecule has 7 nitrogen and oxygen atoms in total. The molecule has 2 N–H and O–H groups in total. The van der Waals surface area contributed by atoms with Crippen molar-refractivity contribution in [1.82, 2.24) is 19.9 Å². The van der Waals surface area contributed by atoms with Gasteiger partial charge >= 0.3 is 0 Å². The zero-order chi connectivity index (χ0) is 34.1. The quantitative estimate of drug-likeness (QED) is 0.180. The maximum Gasteiger partial charge on any atom is 0.134 e. The van der Waals surface area contributed by atoms with E-state index in [1.165, 1.54) is 11.1 Å². The molecule has 7 heteroatoms. The van der Waals surface area contributed by atoms with E-state index < -0.39 is 0 Å². The highest BCUT2D eigenvalue weighted by Gasteiger charge is 2.14. The van der Waals surface area contributed by atoms with Crippen molar-refractivity contribution in [2.45, 2.75) is 52.4 Å².